The number of aldehydes is 1. The Kier molecular flexibility index (Phi) is 4.47. The maximum atomic E-state index is 13.5. The summed E-state index contributed by atoms with van der Waals surface area (Å²) in [6, 6.07) is 6.71. The van der Waals surface area contributed by atoms with E-state index in [-0.39, 0.29) is 11.7 Å². The molecular weight excluding hydrogens is 191 g/mol. The molecule has 1 unspecified atom stereocenters. The third-order valence-corrected chi connectivity index (χ3v) is 2.48. The lowest BCUT2D eigenvalue weighted by molar-refractivity contribution is -0.108. The van der Waals surface area contributed by atoms with Gasteiger partial charge < -0.3 is 4.79 Å². The summed E-state index contributed by atoms with van der Waals surface area (Å²) >= 11 is 0. The van der Waals surface area contributed by atoms with Crippen LogP contribution in [0, 0.1) is 11.7 Å². The summed E-state index contributed by atoms with van der Waals surface area (Å²) in [4.78, 5) is 10.6. The van der Waals surface area contributed by atoms with Crippen molar-refractivity contribution in [2.75, 3.05) is 0 Å². The van der Waals surface area contributed by atoms with Gasteiger partial charge in [0.1, 0.15) is 12.1 Å². The van der Waals surface area contributed by atoms with Crippen molar-refractivity contribution in [3.8, 4) is 0 Å². The Morgan fingerprint density at radius 3 is 2.53 bits per heavy atom. The van der Waals surface area contributed by atoms with Crippen LogP contribution in [0.3, 0.4) is 0 Å². The van der Waals surface area contributed by atoms with Crippen molar-refractivity contribution in [2.45, 2.75) is 32.6 Å². The Hall–Kier alpha value is -1.18. The van der Waals surface area contributed by atoms with Crippen LogP contribution < -0.4 is 0 Å². The summed E-state index contributed by atoms with van der Waals surface area (Å²) < 4.78 is 13.5. The van der Waals surface area contributed by atoms with Crippen LogP contribution in [-0.4, -0.2) is 6.29 Å². The van der Waals surface area contributed by atoms with E-state index in [0.29, 0.717) is 17.9 Å². The first kappa shape index (κ1) is 11.9. The molecule has 0 spiro atoms. The molecule has 1 nitrogen and oxygen atoms in total. The van der Waals surface area contributed by atoms with E-state index >= 15 is 0 Å². The van der Waals surface area contributed by atoms with Crippen LogP contribution in [0.15, 0.2) is 24.3 Å². The molecule has 0 aliphatic carbocycles. The zero-order valence-corrected chi connectivity index (χ0v) is 9.24. The molecule has 1 aromatic carbocycles. The highest BCUT2D eigenvalue weighted by atomic mass is 19.1. The Bertz CT molecular complexity index is 320. The molecule has 0 aromatic heterocycles. The topological polar surface area (TPSA) is 17.1 Å². The molecule has 0 aliphatic heterocycles. The molecule has 1 atom stereocenters. The van der Waals surface area contributed by atoms with Crippen molar-refractivity contribution < 1.29 is 9.18 Å². The Morgan fingerprint density at radius 2 is 2.00 bits per heavy atom. The van der Waals surface area contributed by atoms with E-state index in [2.05, 4.69) is 13.8 Å². The van der Waals surface area contributed by atoms with E-state index in [1.165, 1.54) is 6.07 Å². The van der Waals surface area contributed by atoms with Gasteiger partial charge in [0.25, 0.3) is 0 Å². The predicted molar refractivity (Wildman–Crippen MR) is 59.3 cm³/mol. The second kappa shape index (κ2) is 5.64. The van der Waals surface area contributed by atoms with Gasteiger partial charge in [-0.25, -0.2) is 4.39 Å². The van der Waals surface area contributed by atoms with Gasteiger partial charge in [0, 0.05) is 6.42 Å². The van der Waals surface area contributed by atoms with Gasteiger partial charge >= 0.3 is 0 Å². The number of rotatable bonds is 5. The first-order valence-corrected chi connectivity index (χ1v) is 5.33. The minimum absolute atomic E-state index is 0.0173. The van der Waals surface area contributed by atoms with Crippen LogP contribution in [0.25, 0.3) is 0 Å². The summed E-state index contributed by atoms with van der Waals surface area (Å²) in [5.41, 5.74) is 0.665. The summed E-state index contributed by atoms with van der Waals surface area (Å²) in [6.45, 7) is 4.16. The van der Waals surface area contributed by atoms with Crippen LogP contribution in [0.4, 0.5) is 4.39 Å². The number of hydrogen-bond acceptors (Lipinski definition) is 1. The van der Waals surface area contributed by atoms with Crippen molar-refractivity contribution in [1.29, 1.82) is 0 Å². The predicted octanol–water partition coefficient (Wildman–Crippen LogP) is 3.54. The van der Waals surface area contributed by atoms with Crippen molar-refractivity contribution in [3.63, 3.8) is 0 Å². The lowest BCUT2D eigenvalue weighted by Crippen LogP contribution is -2.06. The molecule has 0 fully saturated rings. The smallest absolute Gasteiger partial charge is 0.126 e. The van der Waals surface area contributed by atoms with E-state index in [1.54, 1.807) is 12.1 Å². The molecule has 0 saturated heterocycles. The normalized spacial score (nSPS) is 12.8. The van der Waals surface area contributed by atoms with E-state index in [4.69, 9.17) is 0 Å². The van der Waals surface area contributed by atoms with E-state index in [9.17, 15) is 9.18 Å². The second-order valence-electron chi connectivity index (χ2n) is 4.25. The van der Waals surface area contributed by atoms with Gasteiger partial charge in [-0.1, -0.05) is 32.0 Å². The fourth-order valence-electron chi connectivity index (χ4n) is 1.84. The fourth-order valence-corrected chi connectivity index (χ4v) is 1.84. The minimum Gasteiger partial charge on any atom is -0.303 e. The van der Waals surface area contributed by atoms with Crippen molar-refractivity contribution in [1.82, 2.24) is 0 Å². The molecule has 0 N–H and O–H groups in total. The highest BCUT2D eigenvalue weighted by Crippen LogP contribution is 2.28. The number of carbonyl (C=O) groups is 1. The first-order chi connectivity index (χ1) is 7.15. The molecule has 2 heteroatoms. The maximum Gasteiger partial charge on any atom is 0.126 e. The Morgan fingerprint density at radius 1 is 1.33 bits per heavy atom. The molecular formula is C13H17FO. The molecule has 0 amide bonds. The van der Waals surface area contributed by atoms with Gasteiger partial charge in [-0.3, -0.25) is 0 Å². The van der Waals surface area contributed by atoms with Gasteiger partial charge in [-0.15, -0.1) is 0 Å². The lowest BCUT2D eigenvalue weighted by Gasteiger charge is -2.17. The summed E-state index contributed by atoms with van der Waals surface area (Å²) in [7, 11) is 0. The third kappa shape index (κ3) is 3.46. The van der Waals surface area contributed by atoms with E-state index in [1.807, 2.05) is 6.07 Å². The molecule has 0 saturated carbocycles. The molecule has 0 radical (unpaired) electrons. The number of carbonyl (C=O) groups excluding carboxylic acids is 1. The van der Waals surface area contributed by atoms with Gasteiger partial charge in [0.15, 0.2) is 0 Å². The number of benzene rings is 1. The molecule has 15 heavy (non-hydrogen) atoms. The van der Waals surface area contributed by atoms with Gasteiger partial charge in [-0.05, 0) is 29.9 Å². The average Bonchev–Trinajstić information content (AvgIpc) is 2.17. The monoisotopic (exact) mass is 208 g/mol. The molecule has 0 heterocycles. The van der Waals surface area contributed by atoms with Crippen molar-refractivity contribution in [2.24, 2.45) is 5.92 Å². The van der Waals surface area contributed by atoms with Crippen LogP contribution >= 0.6 is 0 Å². The molecule has 0 aliphatic rings. The maximum absolute atomic E-state index is 13.5. The Labute approximate surface area is 90.3 Å². The Balaban J connectivity index is 2.88. The highest BCUT2D eigenvalue weighted by Gasteiger charge is 2.16. The zero-order chi connectivity index (χ0) is 11.3. The number of halogens is 1. The quantitative estimate of drug-likeness (QED) is 0.676. The van der Waals surface area contributed by atoms with Crippen LogP contribution in [-0.2, 0) is 4.79 Å². The van der Waals surface area contributed by atoms with Crippen LogP contribution in [0.1, 0.15) is 38.2 Å². The largest absolute Gasteiger partial charge is 0.303 e. The fraction of sp³-hybridized carbons (Fsp3) is 0.462. The van der Waals surface area contributed by atoms with Crippen LogP contribution in [0.2, 0.25) is 0 Å². The first-order valence-electron chi connectivity index (χ1n) is 5.33. The second-order valence-corrected chi connectivity index (χ2v) is 4.25. The van der Waals surface area contributed by atoms with Gasteiger partial charge in [0.2, 0.25) is 0 Å². The van der Waals surface area contributed by atoms with Gasteiger partial charge in [0.05, 0.1) is 0 Å². The molecule has 1 rings (SSSR count). The third-order valence-electron chi connectivity index (χ3n) is 2.48. The molecule has 82 valence electrons. The zero-order valence-electron chi connectivity index (χ0n) is 9.24. The number of hydrogen-bond donors (Lipinski definition) is 0. The lowest BCUT2D eigenvalue weighted by atomic mass is 9.88. The van der Waals surface area contributed by atoms with Crippen molar-refractivity contribution in [3.05, 3.63) is 35.6 Å². The van der Waals surface area contributed by atoms with E-state index < -0.39 is 0 Å². The summed E-state index contributed by atoms with van der Waals surface area (Å²) in [5.74, 6) is 0.281. The highest BCUT2D eigenvalue weighted by molar-refractivity contribution is 5.51. The standard InChI is InChI=1S/C13H17FO/c1-10(2)9-11(7-8-15)12-5-3-4-6-13(12)14/h3-6,8,10-11H,7,9H2,1-2H3. The van der Waals surface area contributed by atoms with Crippen LogP contribution in [0.5, 0.6) is 0 Å². The van der Waals surface area contributed by atoms with Gasteiger partial charge in [-0.2, -0.15) is 0 Å². The molecule has 0 bridgehead atoms. The molecule has 1 aromatic rings. The SMILES string of the molecule is CC(C)CC(CC=O)c1ccccc1F. The summed E-state index contributed by atoms with van der Waals surface area (Å²) in [6.07, 6.45) is 2.12. The average molecular weight is 208 g/mol. The summed E-state index contributed by atoms with van der Waals surface area (Å²) in [5, 5.41) is 0. The van der Waals surface area contributed by atoms with Crippen molar-refractivity contribution >= 4 is 6.29 Å². The minimum atomic E-state index is -0.204. The van der Waals surface area contributed by atoms with E-state index in [0.717, 1.165) is 12.7 Å².